The van der Waals surface area contributed by atoms with Gasteiger partial charge in [-0.15, -0.1) is 21.5 Å². The van der Waals surface area contributed by atoms with Gasteiger partial charge in [0, 0.05) is 21.5 Å². The second kappa shape index (κ2) is 5.26. The fourth-order valence-electron chi connectivity index (χ4n) is 3.09. The van der Waals surface area contributed by atoms with Gasteiger partial charge in [-0.2, -0.15) is 0 Å². The predicted octanol–water partition coefficient (Wildman–Crippen LogP) is 4.49. The van der Waals surface area contributed by atoms with E-state index in [4.69, 9.17) is 4.98 Å². The van der Waals surface area contributed by atoms with Crippen molar-refractivity contribution in [3.63, 3.8) is 0 Å². The lowest BCUT2D eigenvalue weighted by molar-refractivity contribution is 0.743. The first kappa shape index (κ1) is 14.4. The van der Waals surface area contributed by atoms with E-state index >= 15 is 0 Å². The van der Waals surface area contributed by atoms with E-state index < -0.39 is 0 Å². The van der Waals surface area contributed by atoms with E-state index in [0.29, 0.717) is 6.04 Å². The Balaban J connectivity index is 1.52. The Morgan fingerprint density at radius 3 is 2.96 bits per heavy atom. The van der Waals surface area contributed by atoms with Crippen LogP contribution in [-0.4, -0.2) is 19.7 Å². The summed E-state index contributed by atoms with van der Waals surface area (Å²) >= 11 is 5.34. The molecule has 0 N–H and O–H groups in total. The Morgan fingerprint density at radius 1 is 1.29 bits per heavy atom. The van der Waals surface area contributed by atoms with Crippen LogP contribution in [0.2, 0.25) is 0 Å². The molecule has 0 saturated heterocycles. The molecule has 0 radical (unpaired) electrons. The molecule has 0 bridgehead atoms. The summed E-state index contributed by atoms with van der Waals surface area (Å²) in [6.45, 7) is 5.05. The van der Waals surface area contributed by atoms with Gasteiger partial charge in [0.05, 0.1) is 17.1 Å². The molecule has 5 nitrogen and oxygen atoms in total. The first-order valence-electron chi connectivity index (χ1n) is 7.82. The van der Waals surface area contributed by atoms with Crippen LogP contribution in [0.1, 0.15) is 29.3 Å². The van der Waals surface area contributed by atoms with Crippen LogP contribution in [0.5, 0.6) is 0 Å². The second-order valence-electron chi connectivity index (χ2n) is 6.10. The number of aromatic nitrogens is 4. The molecule has 4 heterocycles. The van der Waals surface area contributed by atoms with E-state index in [1.165, 1.54) is 23.3 Å². The maximum absolute atomic E-state index is 4.84. The van der Waals surface area contributed by atoms with E-state index in [9.17, 15) is 0 Å². The van der Waals surface area contributed by atoms with Crippen LogP contribution in [0.3, 0.4) is 0 Å². The highest BCUT2D eigenvalue weighted by molar-refractivity contribution is 9.10. The number of halogens is 1. The zero-order chi connectivity index (χ0) is 16.3. The first-order chi connectivity index (χ1) is 11.7. The van der Waals surface area contributed by atoms with Gasteiger partial charge >= 0.3 is 0 Å². The lowest BCUT2D eigenvalue weighted by Gasteiger charge is -2.19. The van der Waals surface area contributed by atoms with Crippen LogP contribution >= 0.6 is 27.3 Å². The lowest BCUT2D eigenvalue weighted by atomic mass is 10.3. The van der Waals surface area contributed by atoms with Gasteiger partial charge in [0.15, 0.2) is 5.82 Å². The molecule has 0 atom stereocenters. The third kappa shape index (κ3) is 2.15. The summed E-state index contributed by atoms with van der Waals surface area (Å²) in [5.74, 6) is 1.75. The lowest BCUT2D eigenvalue weighted by Crippen LogP contribution is -2.15. The number of rotatable bonds is 3. The highest BCUT2D eigenvalue weighted by atomic mass is 79.9. The summed E-state index contributed by atoms with van der Waals surface area (Å²) in [6.07, 6.45) is 4.20. The minimum atomic E-state index is 0.533. The molecule has 1 aliphatic heterocycles. The molecular weight excluding hydrogens is 386 g/mol. The van der Waals surface area contributed by atoms with E-state index in [2.05, 4.69) is 47.6 Å². The summed E-state index contributed by atoms with van der Waals surface area (Å²) in [6, 6.07) is 6.58. The molecule has 5 rings (SSSR count). The van der Waals surface area contributed by atoms with E-state index in [-0.39, 0.29) is 0 Å². The molecule has 0 spiro atoms. The van der Waals surface area contributed by atoms with Crippen LogP contribution in [0.4, 0.5) is 5.82 Å². The third-order valence-electron chi connectivity index (χ3n) is 4.50. The standard InChI is InChI=1S/C17H14BrN5S/c1-10-16-12(13(18)8-24-16)7-22(10)15-4-2-3-14(20-15)17-21-19-9-23(17)11-5-6-11/h2-4,8-9,11H,1,5-7H2. The zero-order valence-electron chi connectivity index (χ0n) is 12.8. The topological polar surface area (TPSA) is 46.8 Å². The van der Waals surface area contributed by atoms with Gasteiger partial charge in [-0.25, -0.2) is 4.98 Å². The second-order valence-corrected chi connectivity index (χ2v) is 7.83. The minimum Gasteiger partial charge on any atom is -0.321 e. The minimum absolute atomic E-state index is 0.533. The summed E-state index contributed by atoms with van der Waals surface area (Å²) in [4.78, 5) is 8.23. The van der Waals surface area contributed by atoms with Gasteiger partial charge < -0.3 is 9.47 Å². The number of anilines is 1. The van der Waals surface area contributed by atoms with Gasteiger partial charge in [0.1, 0.15) is 17.8 Å². The molecular formula is C17H14BrN5S. The van der Waals surface area contributed by atoms with Gasteiger partial charge in [0.25, 0.3) is 0 Å². The van der Waals surface area contributed by atoms with Gasteiger partial charge in [-0.3, -0.25) is 0 Å². The average Bonchev–Trinajstić information content (AvgIpc) is 3.06. The molecule has 0 amide bonds. The Bertz CT molecular complexity index is 956. The monoisotopic (exact) mass is 399 g/mol. The van der Waals surface area contributed by atoms with Gasteiger partial charge in [-0.1, -0.05) is 12.6 Å². The number of hydrogen-bond acceptors (Lipinski definition) is 5. The molecule has 0 unspecified atom stereocenters. The van der Waals surface area contributed by atoms with Crippen LogP contribution in [-0.2, 0) is 6.54 Å². The molecule has 3 aromatic rings. The Labute approximate surface area is 151 Å². The van der Waals surface area contributed by atoms with Crippen molar-refractivity contribution in [2.75, 3.05) is 4.90 Å². The van der Waals surface area contributed by atoms with Crippen LogP contribution in [0, 0.1) is 0 Å². The predicted molar refractivity (Wildman–Crippen MR) is 98.8 cm³/mol. The molecule has 0 aromatic carbocycles. The fourth-order valence-corrected chi connectivity index (χ4v) is 4.75. The molecule has 120 valence electrons. The third-order valence-corrected chi connectivity index (χ3v) is 6.58. The van der Waals surface area contributed by atoms with E-state index in [0.717, 1.165) is 34.1 Å². The Morgan fingerprint density at radius 2 is 2.17 bits per heavy atom. The normalized spacial score (nSPS) is 16.7. The molecule has 1 aliphatic carbocycles. The van der Waals surface area contributed by atoms with Crippen molar-refractivity contribution >= 4 is 38.8 Å². The highest BCUT2D eigenvalue weighted by Crippen LogP contribution is 2.43. The zero-order valence-corrected chi connectivity index (χ0v) is 15.2. The molecule has 7 heteroatoms. The maximum atomic E-state index is 4.84. The quantitative estimate of drug-likeness (QED) is 0.650. The summed E-state index contributed by atoms with van der Waals surface area (Å²) in [5, 5.41) is 10.5. The highest BCUT2D eigenvalue weighted by Gasteiger charge is 2.29. The van der Waals surface area contributed by atoms with Gasteiger partial charge in [0.2, 0.25) is 0 Å². The molecule has 1 fully saturated rings. The maximum Gasteiger partial charge on any atom is 0.182 e. The summed E-state index contributed by atoms with van der Waals surface area (Å²) in [5.41, 5.74) is 3.16. The average molecular weight is 400 g/mol. The van der Waals surface area contributed by atoms with Crippen molar-refractivity contribution in [2.45, 2.75) is 25.4 Å². The Hall–Kier alpha value is -1.99. The van der Waals surface area contributed by atoms with Crippen molar-refractivity contribution in [3.05, 3.63) is 51.4 Å². The molecule has 24 heavy (non-hydrogen) atoms. The van der Waals surface area contributed by atoms with E-state index in [1.807, 2.05) is 24.5 Å². The molecule has 2 aliphatic rings. The molecule has 3 aromatic heterocycles. The van der Waals surface area contributed by atoms with E-state index in [1.54, 1.807) is 11.3 Å². The number of pyridine rings is 1. The van der Waals surface area contributed by atoms with Crippen molar-refractivity contribution < 1.29 is 0 Å². The molecule has 1 saturated carbocycles. The SMILES string of the molecule is C=C1c2scc(Br)c2CN1c1cccc(-c2nncn2C2CC2)n1. The van der Waals surface area contributed by atoms with Crippen LogP contribution in [0.25, 0.3) is 17.2 Å². The van der Waals surface area contributed by atoms with Crippen molar-refractivity contribution in [1.82, 2.24) is 19.7 Å². The summed E-state index contributed by atoms with van der Waals surface area (Å²) in [7, 11) is 0. The van der Waals surface area contributed by atoms with Gasteiger partial charge in [-0.05, 0) is 40.9 Å². The number of hydrogen-bond donors (Lipinski definition) is 0. The van der Waals surface area contributed by atoms with Crippen LogP contribution < -0.4 is 4.90 Å². The Kier molecular flexibility index (Phi) is 3.14. The largest absolute Gasteiger partial charge is 0.321 e. The van der Waals surface area contributed by atoms with Crippen molar-refractivity contribution in [1.29, 1.82) is 0 Å². The fraction of sp³-hybridized carbons (Fsp3) is 0.235. The number of nitrogens with zero attached hydrogens (tertiary/aromatic N) is 5. The van der Waals surface area contributed by atoms with Crippen molar-refractivity contribution in [2.24, 2.45) is 0 Å². The smallest absolute Gasteiger partial charge is 0.182 e. The van der Waals surface area contributed by atoms with Crippen LogP contribution in [0.15, 0.2) is 41.0 Å². The number of fused-ring (bicyclic) bond motifs is 1. The summed E-state index contributed by atoms with van der Waals surface area (Å²) < 4.78 is 3.29. The first-order valence-corrected chi connectivity index (χ1v) is 9.49. The number of thiophene rings is 1. The van der Waals surface area contributed by atoms with Crippen molar-refractivity contribution in [3.8, 4) is 11.5 Å².